The van der Waals surface area contributed by atoms with Crippen molar-refractivity contribution >= 4 is 5.91 Å². The first-order chi connectivity index (χ1) is 14.8. The van der Waals surface area contributed by atoms with Crippen molar-refractivity contribution in [2.75, 3.05) is 13.2 Å². The number of nitrogens with zero attached hydrogens (tertiary/aromatic N) is 1. The number of pyridine rings is 1. The molecule has 3 rings (SSSR count). The molecule has 0 spiro atoms. The molecule has 0 saturated carbocycles. The van der Waals surface area contributed by atoms with Crippen LogP contribution in [0.25, 0.3) is 11.3 Å². The van der Waals surface area contributed by atoms with Crippen LogP contribution in [0.5, 0.6) is 11.5 Å². The van der Waals surface area contributed by atoms with E-state index in [2.05, 4.69) is 5.32 Å². The van der Waals surface area contributed by atoms with Crippen molar-refractivity contribution in [3.63, 3.8) is 0 Å². The van der Waals surface area contributed by atoms with Crippen molar-refractivity contribution in [3.8, 4) is 22.8 Å². The van der Waals surface area contributed by atoms with Crippen LogP contribution in [-0.4, -0.2) is 28.7 Å². The Labute approximate surface area is 179 Å². The maximum atomic E-state index is 13.8. The highest BCUT2D eigenvalue weighted by Crippen LogP contribution is 2.24. The molecule has 0 bridgehead atoms. The number of rotatable bonds is 7. The number of hydrogen-bond acceptors (Lipinski definition) is 4. The molecule has 0 radical (unpaired) electrons. The molecule has 0 unspecified atom stereocenters. The number of benzene rings is 2. The maximum Gasteiger partial charge on any atom is 0.293 e. The van der Waals surface area contributed by atoms with Crippen LogP contribution in [0.1, 0.15) is 27.9 Å². The second kappa shape index (κ2) is 9.47. The van der Waals surface area contributed by atoms with Gasteiger partial charge in [-0.05, 0) is 67.8 Å². The number of aryl methyl sites for hydroxylation is 2. The number of aromatic nitrogens is 1. The average Bonchev–Trinajstić information content (AvgIpc) is 2.71. The first-order valence-corrected chi connectivity index (χ1v) is 9.94. The lowest BCUT2D eigenvalue weighted by Crippen LogP contribution is -2.29. The van der Waals surface area contributed by atoms with Gasteiger partial charge in [0.1, 0.15) is 11.6 Å². The molecule has 0 aliphatic rings. The Kier molecular flexibility index (Phi) is 6.74. The van der Waals surface area contributed by atoms with E-state index >= 15 is 0 Å². The van der Waals surface area contributed by atoms with E-state index in [1.807, 2.05) is 31.2 Å². The molecular weight excluding hydrogens is 399 g/mol. The van der Waals surface area contributed by atoms with Crippen LogP contribution in [0, 0.1) is 19.7 Å². The molecule has 6 nitrogen and oxygen atoms in total. The van der Waals surface area contributed by atoms with Crippen LogP contribution < -0.4 is 15.6 Å². The molecule has 0 aliphatic carbocycles. The van der Waals surface area contributed by atoms with Crippen molar-refractivity contribution in [2.45, 2.75) is 20.3 Å². The summed E-state index contributed by atoms with van der Waals surface area (Å²) in [5.74, 6) is -0.922. The zero-order valence-electron chi connectivity index (χ0n) is 17.7. The highest BCUT2D eigenvalue weighted by Gasteiger charge is 2.19. The number of carbonyl (C=O) groups excluding carboxylic acids is 1. The molecule has 0 saturated heterocycles. The molecule has 1 amide bonds. The fourth-order valence-corrected chi connectivity index (χ4v) is 3.28. The number of carbonyl (C=O) groups is 1. The van der Waals surface area contributed by atoms with Crippen LogP contribution in [-0.2, 0) is 7.05 Å². The topological polar surface area (TPSA) is 80.6 Å². The number of ether oxygens (including phenoxy) is 1. The molecule has 1 aromatic heterocycles. The van der Waals surface area contributed by atoms with Gasteiger partial charge in [-0.15, -0.1) is 0 Å². The Morgan fingerprint density at radius 3 is 2.61 bits per heavy atom. The van der Waals surface area contributed by atoms with Gasteiger partial charge in [-0.25, -0.2) is 4.39 Å². The number of amides is 1. The summed E-state index contributed by atoms with van der Waals surface area (Å²) in [4.78, 5) is 25.0. The molecule has 0 aliphatic heterocycles. The molecule has 2 aromatic carbocycles. The zero-order chi connectivity index (χ0) is 22.5. The van der Waals surface area contributed by atoms with Gasteiger partial charge in [0.2, 0.25) is 0 Å². The van der Waals surface area contributed by atoms with Crippen molar-refractivity contribution in [3.05, 3.63) is 81.4 Å². The third-order valence-corrected chi connectivity index (χ3v) is 4.85. The first-order valence-electron chi connectivity index (χ1n) is 9.94. The van der Waals surface area contributed by atoms with Gasteiger partial charge in [0.15, 0.2) is 5.75 Å². The quantitative estimate of drug-likeness (QED) is 0.567. The smallest absolute Gasteiger partial charge is 0.293 e. The van der Waals surface area contributed by atoms with Gasteiger partial charge in [-0.1, -0.05) is 12.1 Å². The Morgan fingerprint density at radius 1 is 1.13 bits per heavy atom. The van der Waals surface area contributed by atoms with E-state index in [1.54, 1.807) is 13.0 Å². The predicted molar refractivity (Wildman–Crippen MR) is 117 cm³/mol. The average molecular weight is 424 g/mol. The molecular formula is C24H25FN2O4. The fourth-order valence-electron chi connectivity index (χ4n) is 3.28. The minimum Gasteiger partial charge on any atom is -0.502 e. The summed E-state index contributed by atoms with van der Waals surface area (Å²) in [6.07, 6.45) is 0.543. The van der Waals surface area contributed by atoms with E-state index in [0.717, 1.165) is 11.3 Å². The third-order valence-electron chi connectivity index (χ3n) is 4.85. The summed E-state index contributed by atoms with van der Waals surface area (Å²) in [5, 5.41) is 12.9. The lowest BCUT2D eigenvalue weighted by Gasteiger charge is -2.14. The third kappa shape index (κ3) is 5.31. The number of aromatic hydroxyl groups is 1. The lowest BCUT2D eigenvalue weighted by molar-refractivity contribution is 0.0948. The van der Waals surface area contributed by atoms with Gasteiger partial charge in [-0.2, -0.15) is 0 Å². The summed E-state index contributed by atoms with van der Waals surface area (Å²) in [7, 11) is 1.46. The van der Waals surface area contributed by atoms with Gasteiger partial charge < -0.3 is 19.7 Å². The molecule has 162 valence electrons. The monoisotopic (exact) mass is 424 g/mol. The molecule has 31 heavy (non-hydrogen) atoms. The Morgan fingerprint density at radius 2 is 1.90 bits per heavy atom. The number of hydrogen-bond donors (Lipinski definition) is 2. The second-order valence-corrected chi connectivity index (χ2v) is 7.45. The number of halogens is 1. The predicted octanol–water partition coefficient (Wildman–Crippen LogP) is 3.71. The normalized spacial score (nSPS) is 10.7. The van der Waals surface area contributed by atoms with E-state index in [-0.39, 0.29) is 5.56 Å². The van der Waals surface area contributed by atoms with Crippen molar-refractivity contribution in [1.82, 2.24) is 9.88 Å². The standard InChI is InChI=1S/C24H25FN2O4/c1-15-6-4-7-19(12-15)31-9-5-8-26-23(29)20-14-21(27(3)24(30)22(20)28)17-10-16(2)11-18(25)13-17/h4,6-7,10-14,28H,5,8-9H2,1-3H3,(H,26,29). The second-order valence-electron chi connectivity index (χ2n) is 7.45. The zero-order valence-corrected chi connectivity index (χ0v) is 17.7. The maximum absolute atomic E-state index is 13.8. The van der Waals surface area contributed by atoms with E-state index in [9.17, 15) is 19.1 Å². The van der Waals surface area contributed by atoms with Crippen LogP contribution in [0.4, 0.5) is 4.39 Å². The van der Waals surface area contributed by atoms with Crippen LogP contribution >= 0.6 is 0 Å². The molecule has 3 aromatic rings. The van der Waals surface area contributed by atoms with Gasteiger partial charge in [-0.3, -0.25) is 9.59 Å². The number of nitrogens with one attached hydrogen (secondary N) is 1. The van der Waals surface area contributed by atoms with E-state index in [4.69, 9.17) is 4.74 Å². The lowest BCUT2D eigenvalue weighted by atomic mass is 10.0. The largest absolute Gasteiger partial charge is 0.502 e. The Balaban J connectivity index is 1.70. The van der Waals surface area contributed by atoms with E-state index < -0.39 is 23.0 Å². The van der Waals surface area contributed by atoms with Gasteiger partial charge in [0, 0.05) is 19.2 Å². The summed E-state index contributed by atoms with van der Waals surface area (Å²) >= 11 is 0. The summed E-state index contributed by atoms with van der Waals surface area (Å²) < 4.78 is 20.7. The Hall–Kier alpha value is -3.61. The molecule has 0 fully saturated rings. The summed E-state index contributed by atoms with van der Waals surface area (Å²) in [5.41, 5.74) is 1.66. The molecule has 7 heteroatoms. The van der Waals surface area contributed by atoms with Crippen molar-refractivity contribution in [1.29, 1.82) is 0 Å². The molecule has 2 N–H and O–H groups in total. The van der Waals surface area contributed by atoms with Crippen LogP contribution in [0.2, 0.25) is 0 Å². The first kappa shape index (κ1) is 22.1. The highest BCUT2D eigenvalue weighted by atomic mass is 19.1. The van der Waals surface area contributed by atoms with E-state index in [1.165, 1.54) is 29.8 Å². The van der Waals surface area contributed by atoms with Gasteiger partial charge in [0.25, 0.3) is 11.5 Å². The van der Waals surface area contributed by atoms with Gasteiger partial charge in [0.05, 0.1) is 17.9 Å². The minimum atomic E-state index is -0.729. The van der Waals surface area contributed by atoms with Crippen LogP contribution in [0.15, 0.2) is 53.3 Å². The van der Waals surface area contributed by atoms with E-state index in [0.29, 0.717) is 36.4 Å². The van der Waals surface area contributed by atoms with Crippen molar-refractivity contribution < 1.29 is 19.0 Å². The SMILES string of the molecule is Cc1cccc(OCCCNC(=O)c2cc(-c3cc(C)cc(F)c3)n(C)c(=O)c2O)c1. The summed E-state index contributed by atoms with van der Waals surface area (Å²) in [6.45, 7) is 4.41. The summed E-state index contributed by atoms with van der Waals surface area (Å²) in [6, 6.07) is 13.4. The minimum absolute atomic E-state index is 0.153. The van der Waals surface area contributed by atoms with Crippen molar-refractivity contribution in [2.24, 2.45) is 7.05 Å². The molecule has 1 heterocycles. The Bertz CT molecular complexity index is 1150. The van der Waals surface area contributed by atoms with Crippen LogP contribution in [0.3, 0.4) is 0 Å². The fraction of sp³-hybridized carbons (Fsp3) is 0.250. The molecule has 0 atom stereocenters. The highest BCUT2D eigenvalue weighted by molar-refractivity contribution is 5.97. The van der Waals surface area contributed by atoms with Gasteiger partial charge >= 0.3 is 0 Å².